The number of hydrogen-bond acceptors (Lipinski definition) is 3. The van der Waals surface area contributed by atoms with E-state index in [9.17, 15) is 9.59 Å². The molecule has 0 unspecified atom stereocenters. The van der Waals surface area contributed by atoms with Gasteiger partial charge in [0, 0.05) is 39.3 Å². The molecule has 1 aliphatic heterocycles. The van der Waals surface area contributed by atoms with Gasteiger partial charge in [0.05, 0.1) is 6.61 Å². The fourth-order valence-electron chi connectivity index (χ4n) is 2.17. The first-order valence-electron chi connectivity index (χ1n) is 7.59. The van der Waals surface area contributed by atoms with Gasteiger partial charge in [0.25, 0.3) is 0 Å². The van der Waals surface area contributed by atoms with Crippen LogP contribution in [0.5, 0.6) is 0 Å². The van der Waals surface area contributed by atoms with Gasteiger partial charge in [-0.1, -0.05) is 13.3 Å². The highest BCUT2D eigenvalue weighted by Gasteiger charge is 2.26. The summed E-state index contributed by atoms with van der Waals surface area (Å²) in [6, 6.07) is 0.0639. The molecule has 0 aliphatic carbocycles. The van der Waals surface area contributed by atoms with Crippen molar-refractivity contribution >= 4 is 12.1 Å². The Morgan fingerprint density at radius 3 is 2.05 bits per heavy atom. The molecule has 1 aliphatic rings. The molecule has 1 heterocycles. The van der Waals surface area contributed by atoms with E-state index in [0.29, 0.717) is 45.9 Å². The third-order valence-corrected chi connectivity index (χ3v) is 3.57. The van der Waals surface area contributed by atoms with Gasteiger partial charge >= 0.3 is 12.1 Å². The molecule has 0 aromatic heterocycles. The highest BCUT2D eigenvalue weighted by molar-refractivity contribution is 5.75. The smallest absolute Gasteiger partial charge is 0.409 e. The van der Waals surface area contributed by atoms with Crippen molar-refractivity contribution < 1.29 is 14.3 Å². The predicted molar refractivity (Wildman–Crippen MR) is 77.7 cm³/mol. The summed E-state index contributed by atoms with van der Waals surface area (Å²) in [5.41, 5.74) is 0. The summed E-state index contributed by atoms with van der Waals surface area (Å²) in [7, 11) is 0. The van der Waals surface area contributed by atoms with Gasteiger partial charge in [-0.25, -0.2) is 9.59 Å². The lowest BCUT2D eigenvalue weighted by atomic mass is 10.3. The lowest BCUT2D eigenvalue weighted by Gasteiger charge is -2.36. The summed E-state index contributed by atoms with van der Waals surface area (Å²) in [5, 5.41) is 0. The van der Waals surface area contributed by atoms with Gasteiger partial charge in [-0.15, -0.1) is 0 Å². The van der Waals surface area contributed by atoms with Gasteiger partial charge in [0.1, 0.15) is 0 Å². The van der Waals surface area contributed by atoms with E-state index in [1.165, 1.54) is 0 Å². The summed E-state index contributed by atoms with van der Waals surface area (Å²) >= 11 is 0. The standard InChI is InChI=1S/C14H27N3O3/c1-4-7-12-20-14(19)17-10-8-16(9-11-17)13(18)15(5-2)6-3/h4-12H2,1-3H3. The van der Waals surface area contributed by atoms with Crippen molar-refractivity contribution in [2.24, 2.45) is 0 Å². The van der Waals surface area contributed by atoms with E-state index < -0.39 is 0 Å². The molecule has 0 aromatic carbocycles. The van der Waals surface area contributed by atoms with E-state index >= 15 is 0 Å². The fraction of sp³-hybridized carbons (Fsp3) is 0.857. The van der Waals surface area contributed by atoms with E-state index in [0.717, 1.165) is 12.8 Å². The molecule has 0 saturated carbocycles. The molecule has 1 rings (SSSR count). The first kappa shape index (κ1) is 16.6. The molecular weight excluding hydrogens is 258 g/mol. The third-order valence-electron chi connectivity index (χ3n) is 3.57. The molecule has 3 amide bonds. The SMILES string of the molecule is CCCCOC(=O)N1CCN(C(=O)N(CC)CC)CC1. The zero-order valence-electron chi connectivity index (χ0n) is 12.9. The van der Waals surface area contributed by atoms with Gasteiger partial charge in [-0.05, 0) is 20.3 Å². The molecule has 0 spiro atoms. The molecule has 6 heteroatoms. The fourth-order valence-corrected chi connectivity index (χ4v) is 2.17. The minimum Gasteiger partial charge on any atom is -0.449 e. The number of ether oxygens (including phenoxy) is 1. The molecule has 20 heavy (non-hydrogen) atoms. The normalized spacial score (nSPS) is 15.2. The quantitative estimate of drug-likeness (QED) is 0.726. The molecule has 0 bridgehead atoms. The van der Waals surface area contributed by atoms with Crippen LogP contribution in [0.3, 0.4) is 0 Å². The molecule has 116 valence electrons. The monoisotopic (exact) mass is 285 g/mol. The first-order chi connectivity index (χ1) is 9.63. The van der Waals surface area contributed by atoms with E-state index in [2.05, 4.69) is 6.92 Å². The van der Waals surface area contributed by atoms with Crippen molar-refractivity contribution in [3.63, 3.8) is 0 Å². The van der Waals surface area contributed by atoms with Crippen molar-refractivity contribution in [3.05, 3.63) is 0 Å². The second kappa shape index (κ2) is 8.66. The average Bonchev–Trinajstić information content (AvgIpc) is 2.48. The predicted octanol–water partition coefficient (Wildman–Crippen LogP) is 2.00. The number of hydrogen-bond donors (Lipinski definition) is 0. The van der Waals surface area contributed by atoms with Crippen molar-refractivity contribution in [2.75, 3.05) is 45.9 Å². The zero-order valence-corrected chi connectivity index (χ0v) is 12.9. The number of carbonyl (C=O) groups is 2. The van der Waals surface area contributed by atoms with Gasteiger partial charge in [0.15, 0.2) is 0 Å². The number of amides is 3. The average molecular weight is 285 g/mol. The number of nitrogens with zero attached hydrogens (tertiary/aromatic N) is 3. The van der Waals surface area contributed by atoms with Gasteiger partial charge < -0.3 is 19.4 Å². The Bertz CT molecular complexity index is 311. The molecular formula is C14H27N3O3. The summed E-state index contributed by atoms with van der Waals surface area (Å²) in [6.07, 6.45) is 1.65. The van der Waals surface area contributed by atoms with Crippen molar-refractivity contribution in [2.45, 2.75) is 33.6 Å². The zero-order chi connectivity index (χ0) is 15.0. The van der Waals surface area contributed by atoms with E-state index in [1.54, 1.807) is 9.80 Å². The molecule has 1 saturated heterocycles. The molecule has 6 nitrogen and oxygen atoms in total. The highest BCUT2D eigenvalue weighted by Crippen LogP contribution is 2.07. The minimum absolute atomic E-state index is 0.0639. The van der Waals surface area contributed by atoms with Crippen LogP contribution in [-0.4, -0.2) is 72.7 Å². The van der Waals surface area contributed by atoms with Gasteiger partial charge in [-0.2, -0.15) is 0 Å². The number of rotatable bonds is 5. The maximum Gasteiger partial charge on any atom is 0.409 e. The minimum atomic E-state index is -0.256. The van der Waals surface area contributed by atoms with Gasteiger partial charge in [-0.3, -0.25) is 0 Å². The summed E-state index contributed by atoms with van der Waals surface area (Å²) in [5.74, 6) is 0. The lowest BCUT2D eigenvalue weighted by molar-refractivity contribution is 0.0755. The molecule has 0 radical (unpaired) electrons. The number of carbonyl (C=O) groups excluding carboxylic acids is 2. The van der Waals surface area contributed by atoms with Crippen LogP contribution in [0, 0.1) is 0 Å². The van der Waals surface area contributed by atoms with Gasteiger partial charge in [0.2, 0.25) is 0 Å². The highest BCUT2D eigenvalue weighted by atomic mass is 16.6. The Kier molecular flexibility index (Phi) is 7.18. The summed E-state index contributed by atoms with van der Waals surface area (Å²) < 4.78 is 5.18. The van der Waals surface area contributed by atoms with E-state index in [1.807, 2.05) is 18.7 Å². The van der Waals surface area contributed by atoms with Crippen molar-refractivity contribution in [1.82, 2.24) is 14.7 Å². The lowest BCUT2D eigenvalue weighted by Crippen LogP contribution is -2.54. The Hall–Kier alpha value is -1.46. The molecule has 0 N–H and O–H groups in total. The number of unbranched alkanes of at least 4 members (excludes halogenated alkanes) is 1. The Labute approximate surface area is 121 Å². The second-order valence-electron chi connectivity index (χ2n) is 4.90. The van der Waals surface area contributed by atoms with Crippen molar-refractivity contribution in [1.29, 1.82) is 0 Å². The van der Waals surface area contributed by atoms with Crippen LogP contribution in [0.1, 0.15) is 33.6 Å². The first-order valence-corrected chi connectivity index (χ1v) is 7.59. The van der Waals surface area contributed by atoms with Crippen LogP contribution < -0.4 is 0 Å². The largest absolute Gasteiger partial charge is 0.449 e. The van der Waals surface area contributed by atoms with Crippen molar-refractivity contribution in [3.8, 4) is 0 Å². The summed E-state index contributed by atoms with van der Waals surface area (Å²) in [4.78, 5) is 29.2. The Morgan fingerprint density at radius 1 is 1.00 bits per heavy atom. The van der Waals surface area contributed by atoms with E-state index in [-0.39, 0.29) is 12.1 Å². The third kappa shape index (κ3) is 4.58. The summed E-state index contributed by atoms with van der Waals surface area (Å²) in [6.45, 7) is 10.2. The maximum absolute atomic E-state index is 12.2. The number of piperazine rings is 1. The van der Waals surface area contributed by atoms with Crippen LogP contribution in [-0.2, 0) is 4.74 Å². The number of urea groups is 1. The second-order valence-corrected chi connectivity index (χ2v) is 4.90. The topological polar surface area (TPSA) is 53.1 Å². The van der Waals surface area contributed by atoms with E-state index in [4.69, 9.17) is 4.74 Å². The molecule has 0 atom stereocenters. The van der Waals surface area contributed by atoms with Crippen LogP contribution in [0.4, 0.5) is 9.59 Å². The Balaban J connectivity index is 2.35. The van der Waals surface area contributed by atoms with Crippen LogP contribution >= 0.6 is 0 Å². The van der Waals surface area contributed by atoms with Crippen LogP contribution in [0.15, 0.2) is 0 Å². The Morgan fingerprint density at radius 2 is 1.55 bits per heavy atom. The maximum atomic E-state index is 12.2. The van der Waals surface area contributed by atoms with Crippen LogP contribution in [0.25, 0.3) is 0 Å². The molecule has 1 fully saturated rings. The molecule has 0 aromatic rings. The van der Waals surface area contributed by atoms with Crippen LogP contribution in [0.2, 0.25) is 0 Å².